The minimum absolute atomic E-state index is 0.193. The first-order valence-electron chi connectivity index (χ1n) is 5.45. The Balaban J connectivity index is 2.29. The van der Waals surface area contributed by atoms with Gasteiger partial charge in [-0.25, -0.2) is 0 Å². The zero-order chi connectivity index (χ0) is 12.7. The van der Waals surface area contributed by atoms with Gasteiger partial charge in [0.15, 0.2) is 5.76 Å². The van der Waals surface area contributed by atoms with Crippen LogP contribution in [0.25, 0.3) is 0 Å². The number of aromatic nitrogens is 1. The van der Waals surface area contributed by atoms with Crippen LogP contribution in [0.2, 0.25) is 0 Å². The van der Waals surface area contributed by atoms with Crippen molar-refractivity contribution in [2.24, 2.45) is 0 Å². The summed E-state index contributed by atoms with van der Waals surface area (Å²) in [6, 6.07) is 1.84. The molecule has 1 aromatic heterocycles. The summed E-state index contributed by atoms with van der Waals surface area (Å²) in [6.07, 6.45) is 0.826. The van der Waals surface area contributed by atoms with Crippen molar-refractivity contribution >= 4 is 5.97 Å². The molecule has 0 atom stereocenters. The first kappa shape index (κ1) is 13.7. The van der Waals surface area contributed by atoms with Crippen molar-refractivity contribution in [3.63, 3.8) is 0 Å². The molecule has 0 saturated heterocycles. The fraction of sp³-hybridized carbons (Fsp3) is 0.636. The maximum Gasteiger partial charge on any atom is 0.303 e. The molecule has 1 rings (SSSR count). The van der Waals surface area contributed by atoms with Gasteiger partial charge in [0, 0.05) is 26.1 Å². The van der Waals surface area contributed by atoms with Crippen LogP contribution in [-0.2, 0) is 22.7 Å². The number of carbonyl (C=O) groups is 1. The van der Waals surface area contributed by atoms with Crippen LogP contribution in [0.1, 0.15) is 24.3 Å². The molecule has 0 aromatic carbocycles. The molecule has 96 valence electrons. The van der Waals surface area contributed by atoms with Crippen molar-refractivity contribution in [1.29, 1.82) is 0 Å². The normalized spacial score (nSPS) is 11.0. The summed E-state index contributed by atoms with van der Waals surface area (Å²) in [5.74, 6) is -0.0661. The molecular weight excluding hydrogens is 224 g/mol. The molecule has 1 aromatic rings. The Morgan fingerprint density at radius 3 is 3.06 bits per heavy atom. The highest BCUT2D eigenvalue weighted by molar-refractivity contribution is 5.66. The number of aliphatic carboxylic acids is 1. The summed E-state index contributed by atoms with van der Waals surface area (Å²) >= 11 is 0. The van der Waals surface area contributed by atoms with E-state index in [4.69, 9.17) is 14.4 Å². The lowest BCUT2D eigenvalue weighted by Crippen LogP contribution is -2.19. The number of methoxy groups -OCH3 is 1. The number of carboxylic acids is 1. The number of nitrogens with zero attached hydrogens (tertiary/aromatic N) is 2. The molecular formula is C11H18N2O4. The molecule has 0 spiro atoms. The second kappa shape index (κ2) is 7.03. The molecule has 1 heterocycles. The molecule has 0 aliphatic carbocycles. The number of hydrogen-bond acceptors (Lipinski definition) is 5. The highest BCUT2D eigenvalue weighted by Crippen LogP contribution is 2.07. The molecule has 0 unspecified atom stereocenters. The fourth-order valence-corrected chi connectivity index (χ4v) is 1.50. The third-order valence-corrected chi connectivity index (χ3v) is 2.26. The highest BCUT2D eigenvalue weighted by Gasteiger charge is 2.07. The van der Waals surface area contributed by atoms with Crippen molar-refractivity contribution in [2.75, 3.05) is 20.7 Å². The van der Waals surface area contributed by atoms with E-state index in [1.807, 2.05) is 18.0 Å². The van der Waals surface area contributed by atoms with Crippen LogP contribution < -0.4 is 0 Å². The van der Waals surface area contributed by atoms with Crippen LogP contribution >= 0.6 is 0 Å². The summed E-state index contributed by atoms with van der Waals surface area (Å²) in [5, 5.41) is 12.4. The number of hydrogen-bond donors (Lipinski definition) is 1. The van der Waals surface area contributed by atoms with Crippen LogP contribution in [0.3, 0.4) is 0 Å². The lowest BCUT2D eigenvalue weighted by Gasteiger charge is -2.13. The second-order valence-electron chi connectivity index (χ2n) is 3.95. The van der Waals surface area contributed by atoms with Crippen molar-refractivity contribution in [1.82, 2.24) is 10.1 Å². The molecule has 6 heteroatoms. The summed E-state index contributed by atoms with van der Waals surface area (Å²) in [7, 11) is 3.52. The highest BCUT2D eigenvalue weighted by atomic mass is 16.5. The molecule has 17 heavy (non-hydrogen) atoms. The van der Waals surface area contributed by atoms with Gasteiger partial charge in [-0.15, -0.1) is 0 Å². The first-order chi connectivity index (χ1) is 8.11. The van der Waals surface area contributed by atoms with E-state index < -0.39 is 5.97 Å². The topological polar surface area (TPSA) is 75.8 Å². The van der Waals surface area contributed by atoms with E-state index in [9.17, 15) is 4.79 Å². The maximum absolute atomic E-state index is 10.4. The average Bonchev–Trinajstić information content (AvgIpc) is 2.65. The molecule has 0 aliphatic rings. The smallest absolute Gasteiger partial charge is 0.303 e. The van der Waals surface area contributed by atoms with E-state index in [2.05, 4.69) is 5.16 Å². The molecule has 0 bridgehead atoms. The van der Waals surface area contributed by atoms with Crippen molar-refractivity contribution < 1.29 is 19.2 Å². The van der Waals surface area contributed by atoms with Crippen LogP contribution in [-0.4, -0.2) is 41.8 Å². The summed E-state index contributed by atoms with van der Waals surface area (Å²) in [6.45, 7) is 1.78. The van der Waals surface area contributed by atoms with Crippen molar-refractivity contribution in [3.8, 4) is 0 Å². The van der Waals surface area contributed by atoms with Crippen LogP contribution in [0.4, 0.5) is 0 Å². The van der Waals surface area contributed by atoms with E-state index in [1.165, 1.54) is 0 Å². The van der Waals surface area contributed by atoms with Gasteiger partial charge in [-0.3, -0.25) is 4.79 Å². The predicted octanol–water partition coefficient (Wildman–Crippen LogP) is 1.12. The standard InChI is InChI=1S/C11H18N2O4/c1-13(5-3-4-11(14)15)7-9-6-10(8-16-2)17-12-9/h6H,3-5,7-8H2,1-2H3,(H,14,15). The first-order valence-corrected chi connectivity index (χ1v) is 5.45. The Hall–Kier alpha value is -1.40. The van der Waals surface area contributed by atoms with E-state index in [0.29, 0.717) is 25.3 Å². The minimum Gasteiger partial charge on any atom is -0.481 e. The second-order valence-corrected chi connectivity index (χ2v) is 3.95. The molecule has 6 nitrogen and oxygen atoms in total. The maximum atomic E-state index is 10.4. The van der Waals surface area contributed by atoms with Gasteiger partial charge < -0.3 is 19.3 Å². The molecule has 0 radical (unpaired) electrons. The third-order valence-electron chi connectivity index (χ3n) is 2.26. The van der Waals surface area contributed by atoms with Gasteiger partial charge in [0.2, 0.25) is 0 Å². The zero-order valence-electron chi connectivity index (χ0n) is 10.2. The summed E-state index contributed by atoms with van der Waals surface area (Å²) < 4.78 is 9.98. The van der Waals surface area contributed by atoms with Crippen molar-refractivity contribution in [2.45, 2.75) is 26.0 Å². The number of rotatable bonds is 8. The monoisotopic (exact) mass is 242 g/mol. The van der Waals surface area contributed by atoms with Gasteiger partial charge in [0.25, 0.3) is 0 Å². The molecule has 0 amide bonds. The average molecular weight is 242 g/mol. The summed E-state index contributed by atoms with van der Waals surface area (Å²) in [4.78, 5) is 12.4. The summed E-state index contributed by atoms with van der Waals surface area (Å²) in [5.41, 5.74) is 0.829. The Morgan fingerprint density at radius 1 is 1.65 bits per heavy atom. The minimum atomic E-state index is -0.762. The van der Waals surface area contributed by atoms with Crippen LogP contribution in [0.5, 0.6) is 0 Å². The van der Waals surface area contributed by atoms with E-state index in [1.54, 1.807) is 7.11 Å². The van der Waals surface area contributed by atoms with Crippen LogP contribution in [0, 0.1) is 0 Å². The molecule has 1 N–H and O–H groups in total. The third kappa shape index (κ3) is 5.46. The predicted molar refractivity (Wildman–Crippen MR) is 60.4 cm³/mol. The molecule has 0 fully saturated rings. The Morgan fingerprint density at radius 2 is 2.41 bits per heavy atom. The lowest BCUT2D eigenvalue weighted by molar-refractivity contribution is -0.137. The van der Waals surface area contributed by atoms with Gasteiger partial charge in [0.1, 0.15) is 6.61 Å². The fourth-order valence-electron chi connectivity index (χ4n) is 1.50. The van der Waals surface area contributed by atoms with Gasteiger partial charge >= 0.3 is 5.97 Å². The Bertz CT molecular complexity index is 351. The SMILES string of the molecule is COCc1cc(CN(C)CCCC(=O)O)no1. The largest absolute Gasteiger partial charge is 0.481 e. The van der Waals surface area contributed by atoms with E-state index in [0.717, 1.165) is 12.2 Å². The zero-order valence-corrected chi connectivity index (χ0v) is 10.2. The number of ether oxygens (including phenoxy) is 1. The molecule has 0 saturated carbocycles. The quantitative estimate of drug-likeness (QED) is 0.736. The van der Waals surface area contributed by atoms with Crippen molar-refractivity contribution in [3.05, 3.63) is 17.5 Å². The van der Waals surface area contributed by atoms with Gasteiger partial charge in [-0.05, 0) is 20.0 Å². The van der Waals surface area contributed by atoms with E-state index >= 15 is 0 Å². The lowest BCUT2D eigenvalue weighted by atomic mass is 10.3. The van der Waals surface area contributed by atoms with Gasteiger partial charge in [-0.1, -0.05) is 5.16 Å². The van der Waals surface area contributed by atoms with Crippen LogP contribution in [0.15, 0.2) is 10.6 Å². The van der Waals surface area contributed by atoms with Gasteiger partial charge in [-0.2, -0.15) is 0 Å². The molecule has 0 aliphatic heterocycles. The Kier molecular flexibility index (Phi) is 5.65. The van der Waals surface area contributed by atoms with E-state index in [-0.39, 0.29) is 6.42 Å². The van der Waals surface area contributed by atoms with Gasteiger partial charge in [0.05, 0.1) is 5.69 Å². The Labute approximate surface area is 100 Å². The number of carboxylic acid groups (broad SMARTS) is 1.